The van der Waals surface area contributed by atoms with Crippen LogP contribution in [0.25, 0.3) is 0 Å². The molecular weight excluding hydrogens is 154 g/mol. The molecule has 0 fully saturated rings. The predicted molar refractivity (Wildman–Crippen MR) is 8.74 cm³/mol. The summed E-state index contributed by atoms with van der Waals surface area (Å²) < 4.78 is 0. The zero-order chi connectivity index (χ0) is 0. The van der Waals surface area contributed by atoms with Crippen LogP contribution in [0.1, 0.15) is 0 Å². The van der Waals surface area contributed by atoms with E-state index in [1.165, 1.54) is 0 Å². The Balaban J connectivity index is 0. The van der Waals surface area contributed by atoms with Gasteiger partial charge >= 0.3 is 51.7 Å². The Bertz CT molecular complexity index is 7.61. The largest absolute Gasteiger partial charge is 3.00 e. The van der Waals surface area contributed by atoms with Crippen molar-refractivity contribution in [1.29, 1.82) is 0 Å². The third-order valence-electron chi connectivity index (χ3n) is 0. The number of hydrogen-bond acceptors (Lipinski definition) is 0. The fraction of sp³-hybridized carbons (Fsp3) is 0. The molecule has 0 aromatic rings. The quantitative estimate of drug-likeness (QED) is 0.462. The second-order valence-electron chi connectivity index (χ2n) is 0. The third-order valence-corrected chi connectivity index (χ3v) is 0. The van der Waals surface area contributed by atoms with Crippen LogP contribution in [-0.2, 0) is 76.1 Å². The van der Waals surface area contributed by atoms with Gasteiger partial charge in [0.2, 0.25) is 0 Å². The maximum atomic E-state index is 0. The van der Waals surface area contributed by atoms with Gasteiger partial charge in [-0.1, -0.05) is 0 Å². The van der Waals surface area contributed by atoms with Gasteiger partial charge in [-0.15, -0.1) is 0 Å². The number of rotatable bonds is 0. The molecule has 5 heavy (non-hydrogen) atoms. The van der Waals surface area contributed by atoms with Crippen molar-refractivity contribution in [3.63, 3.8) is 0 Å². The summed E-state index contributed by atoms with van der Waals surface area (Å²) in [7, 11) is 0. The van der Waals surface area contributed by atoms with E-state index in [1.807, 2.05) is 0 Å². The second-order valence-corrected chi connectivity index (χ2v) is 0. The first-order chi connectivity index (χ1) is 0. The molecule has 0 aromatic heterocycles. The Morgan fingerprint density at radius 2 is 0.600 bits per heavy atom. The molecule has 5 heteroatoms. The van der Waals surface area contributed by atoms with E-state index in [0.29, 0.717) is 0 Å². The van der Waals surface area contributed by atoms with E-state index in [1.54, 1.807) is 0 Å². The Morgan fingerprint density at radius 1 is 0.600 bits per heavy atom. The van der Waals surface area contributed by atoms with Gasteiger partial charge in [-0.3, -0.25) is 0 Å². The molecule has 0 bridgehead atoms. The molecule has 0 atom stereocenters. The van der Waals surface area contributed by atoms with E-state index in [0.717, 1.165) is 0 Å². The zero-order valence-corrected chi connectivity index (χ0v) is 6.80. The average Bonchev–Trinajstić information content (AvgIpc) is 0. The Labute approximate surface area is 75.3 Å². The van der Waals surface area contributed by atoms with Crippen LogP contribution in [-0.4, -0.2) is 0 Å². The van der Waals surface area contributed by atoms with Crippen molar-refractivity contribution in [2.75, 3.05) is 0 Å². The van der Waals surface area contributed by atoms with E-state index in [2.05, 4.69) is 0 Å². The fourth-order valence-electron chi connectivity index (χ4n) is 0. The molecule has 2 nitrogen and oxygen atoms in total. The Morgan fingerprint density at radius 3 is 0.600 bits per heavy atom. The molecule has 0 radical (unpaired) electrons. The molecule has 0 unspecified atom stereocenters. The Hall–Kier alpha value is 2.01. The van der Waals surface area contributed by atoms with Gasteiger partial charge < -0.3 is 24.4 Å². The van der Waals surface area contributed by atoms with Crippen LogP contribution in [0.5, 0.6) is 0 Å². The van der Waals surface area contributed by atoms with Crippen LogP contribution in [0, 0.1) is 0 Å². The first kappa shape index (κ1) is 62.7. The summed E-state index contributed by atoms with van der Waals surface area (Å²) in [6.45, 7) is 0. The topological polar surface area (TPSA) is 57.0 Å². The van der Waals surface area contributed by atoms with Crippen LogP contribution in [0.4, 0.5) is 0 Å². The van der Waals surface area contributed by atoms with Gasteiger partial charge in [-0.2, -0.15) is 0 Å². The molecule has 24 valence electrons. The summed E-state index contributed by atoms with van der Waals surface area (Å²) in [4.78, 5) is 0. The predicted octanol–water partition coefficient (Wildman–Crippen LogP) is -0.245. The van der Waals surface area contributed by atoms with Gasteiger partial charge in [0, 0.05) is 0 Å². The number of hydrogen-bond donors (Lipinski definition) is 0. The maximum Gasteiger partial charge on any atom is 3.00 e. The molecule has 0 heterocycles. The van der Waals surface area contributed by atoms with Crippen molar-refractivity contribution < 1.29 is 62.6 Å². The summed E-state index contributed by atoms with van der Waals surface area (Å²) in [6.07, 6.45) is 0. The Kier molecular flexibility index (Phi) is 468. The van der Waals surface area contributed by atoms with Crippen molar-refractivity contribution in [1.82, 2.24) is 0 Å². The SMILES string of the molecule is [O-2].[O-2].[S-2].[Sc+3].[Sc+3]. The summed E-state index contributed by atoms with van der Waals surface area (Å²) >= 11 is 0. The molecule has 0 saturated carbocycles. The van der Waals surface area contributed by atoms with Gasteiger partial charge in [-0.05, 0) is 0 Å². The molecule has 0 N–H and O–H groups in total. The van der Waals surface area contributed by atoms with Crippen LogP contribution in [0.15, 0.2) is 0 Å². The summed E-state index contributed by atoms with van der Waals surface area (Å²) in [5.74, 6) is 0. The standard InChI is InChI=1S/2O.S.2Sc/q3*-2;2*+3. The molecule has 0 aliphatic rings. The van der Waals surface area contributed by atoms with E-state index in [4.69, 9.17) is 0 Å². The van der Waals surface area contributed by atoms with E-state index < -0.39 is 0 Å². The monoisotopic (exact) mass is 154 g/mol. The van der Waals surface area contributed by atoms with Crippen LogP contribution in [0.2, 0.25) is 0 Å². The second kappa shape index (κ2) is 37.3. The van der Waals surface area contributed by atoms with Crippen LogP contribution < -0.4 is 0 Å². The maximum absolute atomic E-state index is 0. The van der Waals surface area contributed by atoms with Crippen molar-refractivity contribution in [2.24, 2.45) is 0 Å². The first-order valence-corrected chi connectivity index (χ1v) is 0. The van der Waals surface area contributed by atoms with Gasteiger partial charge in [-0.25, -0.2) is 0 Å². The van der Waals surface area contributed by atoms with Crippen molar-refractivity contribution in [3.8, 4) is 0 Å². The summed E-state index contributed by atoms with van der Waals surface area (Å²) in [5.41, 5.74) is 0. The summed E-state index contributed by atoms with van der Waals surface area (Å²) in [6, 6.07) is 0. The molecular formula is O2SSc2. The van der Waals surface area contributed by atoms with E-state index >= 15 is 0 Å². The summed E-state index contributed by atoms with van der Waals surface area (Å²) in [5, 5.41) is 0. The third kappa shape index (κ3) is 23.9. The van der Waals surface area contributed by atoms with Gasteiger partial charge in [0.25, 0.3) is 0 Å². The van der Waals surface area contributed by atoms with Crippen LogP contribution >= 0.6 is 0 Å². The van der Waals surface area contributed by atoms with Crippen molar-refractivity contribution in [2.45, 2.75) is 0 Å². The smallest absolute Gasteiger partial charge is 2.00 e. The minimum atomic E-state index is 0. The molecule has 0 spiro atoms. The van der Waals surface area contributed by atoms with E-state index in [-0.39, 0.29) is 76.1 Å². The van der Waals surface area contributed by atoms with Crippen molar-refractivity contribution >= 4 is 13.5 Å². The van der Waals surface area contributed by atoms with E-state index in [9.17, 15) is 0 Å². The molecule has 0 saturated heterocycles. The van der Waals surface area contributed by atoms with Gasteiger partial charge in [0.15, 0.2) is 0 Å². The molecule has 0 rings (SSSR count). The van der Waals surface area contributed by atoms with Crippen molar-refractivity contribution in [3.05, 3.63) is 0 Å². The zero-order valence-electron chi connectivity index (χ0n) is 2.38. The molecule has 0 aromatic carbocycles. The molecule has 0 aliphatic heterocycles. The van der Waals surface area contributed by atoms with Crippen LogP contribution in [0.3, 0.4) is 0 Å². The minimum absolute atomic E-state index is 0. The molecule has 0 amide bonds. The van der Waals surface area contributed by atoms with Gasteiger partial charge in [0.1, 0.15) is 0 Å². The normalized spacial score (nSPS) is 0. The van der Waals surface area contributed by atoms with Gasteiger partial charge in [0.05, 0.1) is 0 Å². The average molecular weight is 154 g/mol. The fourth-order valence-corrected chi connectivity index (χ4v) is 0. The first-order valence-electron chi connectivity index (χ1n) is 0. The minimum Gasteiger partial charge on any atom is -2.00 e. The molecule has 0 aliphatic carbocycles.